The molecule has 2 aromatic carbocycles. The van der Waals surface area contributed by atoms with E-state index in [4.69, 9.17) is 0 Å². The maximum atomic E-state index is 12.6. The molecule has 0 unspecified atom stereocenters. The molecule has 0 aliphatic heterocycles. The molecule has 0 fully saturated rings. The lowest BCUT2D eigenvalue weighted by atomic mass is 10.1. The van der Waals surface area contributed by atoms with Gasteiger partial charge in [-0.15, -0.1) is 11.8 Å². The minimum absolute atomic E-state index is 0.133. The average Bonchev–Trinajstić information content (AvgIpc) is 2.53. The second kappa shape index (κ2) is 8.06. The van der Waals surface area contributed by atoms with Gasteiger partial charge in [-0.05, 0) is 17.2 Å². The molecule has 0 aliphatic rings. The summed E-state index contributed by atoms with van der Waals surface area (Å²) in [5.41, 5.74) is 0.897. The molecular weight excluding hydrogens is 323 g/mol. The van der Waals surface area contributed by atoms with E-state index in [2.05, 4.69) is 5.32 Å². The minimum Gasteiger partial charge on any atom is -0.351 e. The Balaban J connectivity index is 1.75. The second-order valence-electron chi connectivity index (χ2n) is 4.95. The van der Waals surface area contributed by atoms with Crippen molar-refractivity contribution >= 4 is 17.7 Å². The van der Waals surface area contributed by atoms with Crippen molar-refractivity contribution in [1.82, 2.24) is 5.32 Å². The smallest absolute Gasteiger partial charge is 0.351 e. The summed E-state index contributed by atoms with van der Waals surface area (Å²) in [6, 6.07) is 14.7. The molecule has 122 valence electrons. The molecule has 1 amide bonds. The lowest BCUT2D eigenvalue weighted by molar-refractivity contribution is -0.137. The number of carbonyl (C=O) groups is 1. The number of hydrogen-bond donors (Lipinski definition) is 1. The average molecular weight is 339 g/mol. The Morgan fingerprint density at radius 2 is 1.70 bits per heavy atom. The maximum Gasteiger partial charge on any atom is 0.416 e. The molecule has 0 saturated heterocycles. The Kier molecular flexibility index (Phi) is 6.10. The number of nitrogens with one attached hydrogen (secondary N) is 1. The first-order valence-corrected chi connectivity index (χ1v) is 8.15. The molecule has 23 heavy (non-hydrogen) atoms. The van der Waals surface area contributed by atoms with Crippen LogP contribution in [0.3, 0.4) is 0 Å². The highest BCUT2D eigenvalue weighted by Gasteiger charge is 2.30. The maximum absolute atomic E-state index is 12.6. The Bertz CT molecular complexity index is 644. The van der Waals surface area contributed by atoms with E-state index < -0.39 is 11.7 Å². The molecule has 0 aliphatic carbocycles. The van der Waals surface area contributed by atoms with Gasteiger partial charge >= 0.3 is 6.18 Å². The summed E-state index contributed by atoms with van der Waals surface area (Å²) in [5, 5.41) is 2.78. The number of halogens is 3. The first kappa shape index (κ1) is 17.4. The van der Waals surface area contributed by atoms with Crippen LogP contribution in [0.2, 0.25) is 0 Å². The number of rotatable bonds is 6. The Morgan fingerprint density at radius 3 is 2.39 bits per heavy atom. The normalized spacial score (nSPS) is 11.3. The standard InChI is InChI=1S/C17H16F3NOS/c18-17(19,20)15-8-4-7-14(9-15)11-23-12-16(22)21-10-13-5-2-1-3-6-13/h1-9H,10-12H2,(H,21,22). The zero-order valence-electron chi connectivity index (χ0n) is 12.3. The van der Waals surface area contributed by atoms with Crippen LogP contribution >= 0.6 is 11.8 Å². The van der Waals surface area contributed by atoms with Crippen LogP contribution in [0.15, 0.2) is 54.6 Å². The van der Waals surface area contributed by atoms with E-state index in [1.54, 1.807) is 6.07 Å². The summed E-state index contributed by atoms with van der Waals surface area (Å²) in [7, 11) is 0. The lowest BCUT2D eigenvalue weighted by Crippen LogP contribution is -2.24. The van der Waals surface area contributed by atoms with Crippen molar-refractivity contribution in [2.24, 2.45) is 0 Å². The molecule has 0 atom stereocenters. The second-order valence-corrected chi connectivity index (χ2v) is 5.94. The highest BCUT2D eigenvalue weighted by Crippen LogP contribution is 2.30. The summed E-state index contributed by atoms with van der Waals surface area (Å²) >= 11 is 1.29. The summed E-state index contributed by atoms with van der Waals surface area (Å²) in [6.45, 7) is 0.448. The van der Waals surface area contributed by atoms with Crippen molar-refractivity contribution in [2.45, 2.75) is 18.5 Å². The van der Waals surface area contributed by atoms with Crippen molar-refractivity contribution in [2.75, 3.05) is 5.75 Å². The van der Waals surface area contributed by atoms with Crippen molar-refractivity contribution in [3.63, 3.8) is 0 Å². The summed E-state index contributed by atoms with van der Waals surface area (Å²) < 4.78 is 37.8. The quantitative estimate of drug-likeness (QED) is 0.852. The van der Waals surface area contributed by atoms with Gasteiger partial charge < -0.3 is 5.32 Å². The van der Waals surface area contributed by atoms with Crippen LogP contribution in [-0.4, -0.2) is 11.7 Å². The predicted molar refractivity (Wildman–Crippen MR) is 85.9 cm³/mol. The molecule has 0 bridgehead atoms. The number of benzene rings is 2. The van der Waals surface area contributed by atoms with Gasteiger partial charge in [0.1, 0.15) is 0 Å². The van der Waals surface area contributed by atoms with E-state index in [1.807, 2.05) is 30.3 Å². The molecule has 2 nitrogen and oxygen atoms in total. The third-order valence-electron chi connectivity index (χ3n) is 3.09. The molecule has 6 heteroatoms. The first-order chi connectivity index (χ1) is 10.9. The summed E-state index contributed by atoms with van der Waals surface area (Å²) in [4.78, 5) is 11.7. The molecule has 0 spiro atoms. The van der Waals surface area contributed by atoms with E-state index in [0.717, 1.165) is 17.7 Å². The highest BCUT2D eigenvalue weighted by molar-refractivity contribution is 7.99. The Hall–Kier alpha value is -1.95. The molecule has 2 rings (SSSR count). The third-order valence-corrected chi connectivity index (χ3v) is 4.09. The number of hydrogen-bond acceptors (Lipinski definition) is 2. The van der Waals surface area contributed by atoms with Crippen LogP contribution in [0.5, 0.6) is 0 Å². The van der Waals surface area contributed by atoms with Crippen LogP contribution in [0.4, 0.5) is 13.2 Å². The van der Waals surface area contributed by atoms with E-state index in [1.165, 1.54) is 17.8 Å². The van der Waals surface area contributed by atoms with E-state index in [-0.39, 0.29) is 11.7 Å². The fourth-order valence-corrected chi connectivity index (χ4v) is 2.75. The molecule has 2 aromatic rings. The summed E-state index contributed by atoms with van der Waals surface area (Å²) in [6.07, 6.45) is -4.34. The SMILES string of the molecule is O=C(CSCc1cccc(C(F)(F)F)c1)NCc1ccccc1. The fraction of sp³-hybridized carbons (Fsp3) is 0.235. The largest absolute Gasteiger partial charge is 0.416 e. The monoisotopic (exact) mass is 339 g/mol. The van der Waals surface area contributed by atoms with Crippen molar-refractivity contribution < 1.29 is 18.0 Å². The molecule has 1 N–H and O–H groups in total. The third kappa shape index (κ3) is 5.98. The van der Waals surface area contributed by atoms with Gasteiger partial charge in [-0.3, -0.25) is 4.79 Å². The van der Waals surface area contributed by atoms with Gasteiger partial charge in [0.2, 0.25) is 5.91 Å². The number of alkyl halides is 3. The van der Waals surface area contributed by atoms with Gasteiger partial charge in [0.05, 0.1) is 11.3 Å². The van der Waals surface area contributed by atoms with E-state index >= 15 is 0 Å². The first-order valence-electron chi connectivity index (χ1n) is 6.99. The van der Waals surface area contributed by atoms with Gasteiger partial charge in [0.25, 0.3) is 0 Å². The van der Waals surface area contributed by atoms with Gasteiger partial charge in [0.15, 0.2) is 0 Å². The predicted octanol–water partition coefficient (Wildman–Crippen LogP) is 4.26. The van der Waals surface area contributed by atoms with Crippen molar-refractivity contribution in [1.29, 1.82) is 0 Å². The Morgan fingerprint density at radius 1 is 1.00 bits per heavy atom. The van der Waals surface area contributed by atoms with Gasteiger partial charge in [-0.25, -0.2) is 0 Å². The molecule has 0 saturated carbocycles. The van der Waals surface area contributed by atoms with Gasteiger partial charge in [0, 0.05) is 12.3 Å². The molecule has 0 radical (unpaired) electrons. The van der Waals surface area contributed by atoms with E-state index in [0.29, 0.717) is 17.9 Å². The van der Waals surface area contributed by atoms with Crippen LogP contribution in [0, 0.1) is 0 Å². The number of amides is 1. The van der Waals surface area contributed by atoms with Crippen LogP contribution in [-0.2, 0) is 23.3 Å². The van der Waals surface area contributed by atoms with Crippen LogP contribution < -0.4 is 5.32 Å². The fourth-order valence-electron chi connectivity index (χ4n) is 1.95. The molecule has 0 heterocycles. The van der Waals surface area contributed by atoms with Crippen molar-refractivity contribution in [3.8, 4) is 0 Å². The van der Waals surface area contributed by atoms with Crippen LogP contribution in [0.1, 0.15) is 16.7 Å². The number of carbonyl (C=O) groups excluding carboxylic acids is 1. The van der Waals surface area contributed by atoms with Gasteiger partial charge in [-0.2, -0.15) is 13.2 Å². The topological polar surface area (TPSA) is 29.1 Å². The Labute approximate surface area is 137 Å². The zero-order chi connectivity index (χ0) is 16.7. The number of thioether (sulfide) groups is 1. The van der Waals surface area contributed by atoms with E-state index in [9.17, 15) is 18.0 Å². The summed E-state index contributed by atoms with van der Waals surface area (Å²) in [5.74, 6) is 0.442. The highest BCUT2D eigenvalue weighted by atomic mass is 32.2. The van der Waals surface area contributed by atoms with Crippen LogP contribution in [0.25, 0.3) is 0 Å². The van der Waals surface area contributed by atoms with Gasteiger partial charge in [-0.1, -0.05) is 48.5 Å². The lowest BCUT2D eigenvalue weighted by Gasteiger charge is -2.09. The molecular formula is C17H16F3NOS. The molecule has 0 aromatic heterocycles. The zero-order valence-corrected chi connectivity index (χ0v) is 13.1. The minimum atomic E-state index is -4.34. The van der Waals surface area contributed by atoms with Crippen molar-refractivity contribution in [3.05, 3.63) is 71.3 Å².